The third-order valence-electron chi connectivity index (χ3n) is 4.42. The average molecular weight is 320 g/mol. The monoisotopic (exact) mass is 320 g/mol. The molecule has 2 aliphatic rings. The first-order valence-corrected chi connectivity index (χ1v) is 9.00. The van der Waals surface area contributed by atoms with Gasteiger partial charge in [0, 0.05) is 13.1 Å². The largest absolute Gasteiger partial charge is 0.480 e. The second-order valence-electron chi connectivity index (χ2n) is 6.07. The first-order valence-electron chi connectivity index (χ1n) is 7.56. The van der Waals surface area contributed by atoms with Gasteiger partial charge in [0.2, 0.25) is 0 Å². The topological polar surface area (TPSA) is 107 Å². The van der Waals surface area contributed by atoms with Crippen LogP contribution < -0.4 is 4.72 Å². The molecule has 0 aromatic carbocycles. The number of aliphatic carboxylic acids is 1. The highest BCUT2D eigenvalue weighted by Gasteiger charge is 2.38. The van der Waals surface area contributed by atoms with Gasteiger partial charge in [-0.25, -0.2) is 0 Å². The summed E-state index contributed by atoms with van der Waals surface area (Å²) in [5, 5.41) is 19.5. The molecule has 0 spiro atoms. The molecule has 0 aromatic rings. The molecule has 3 N–H and O–H groups in total. The number of hydrogen-bond donors (Lipinski definition) is 3. The van der Waals surface area contributed by atoms with Crippen LogP contribution in [0, 0.1) is 0 Å². The van der Waals surface area contributed by atoms with Crippen LogP contribution >= 0.6 is 0 Å². The lowest BCUT2D eigenvalue weighted by Gasteiger charge is -2.35. The smallest absolute Gasteiger partial charge is 0.322 e. The lowest BCUT2D eigenvalue weighted by Crippen LogP contribution is -2.54. The zero-order valence-electron chi connectivity index (χ0n) is 12.1. The first-order chi connectivity index (χ1) is 9.84. The van der Waals surface area contributed by atoms with E-state index in [-0.39, 0.29) is 13.1 Å². The predicted molar refractivity (Wildman–Crippen MR) is 76.9 cm³/mol. The fraction of sp³-hybridized carbons (Fsp3) is 0.923. The van der Waals surface area contributed by atoms with Crippen molar-refractivity contribution in [3.63, 3.8) is 0 Å². The van der Waals surface area contributed by atoms with Crippen LogP contribution in [-0.4, -0.2) is 53.6 Å². The van der Waals surface area contributed by atoms with Gasteiger partial charge in [0.15, 0.2) is 0 Å². The van der Waals surface area contributed by atoms with Gasteiger partial charge in [0.05, 0.1) is 5.60 Å². The fourth-order valence-corrected chi connectivity index (χ4v) is 4.65. The molecule has 1 unspecified atom stereocenters. The molecule has 8 heteroatoms. The van der Waals surface area contributed by atoms with Gasteiger partial charge in [-0.05, 0) is 32.1 Å². The summed E-state index contributed by atoms with van der Waals surface area (Å²) in [5.74, 6) is -1.11. The van der Waals surface area contributed by atoms with Gasteiger partial charge in [-0.3, -0.25) is 4.79 Å². The van der Waals surface area contributed by atoms with Gasteiger partial charge in [-0.2, -0.15) is 17.4 Å². The highest BCUT2D eigenvalue weighted by molar-refractivity contribution is 7.87. The number of carboxylic acids is 1. The Morgan fingerprint density at radius 2 is 1.86 bits per heavy atom. The van der Waals surface area contributed by atoms with Crippen LogP contribution in [0.25, 0.3) is 0 Å². The average Bonchev–Trinajstić information content (AvgIpc) is 2.46. The summed E-state index contributed by atoms with van der Waals surface area (Å²) in [5.41, 5.74) is -1.00. The van der Waals surface area contributed by atoms with Crippen molar-refractivity contribution in [2.45, 2.75) is 63.0 Å². The number of nitrogens with one attached hydrogen (secondary N) is 1. The highest BCUT2D eigenvalue weighted by Crippen LogP contribution is 2.28. The Kier molecular flexibility index (Phi) is 5.24. The van der Waals surface area contributed by atoms with Crippen LogP contribution in [0.5, 0.6) is 0 Å². The van der Waals surface area contributed by atoms with Crippen molar-refractivity contribution in [3.8, 4) is 0 Å². The fourth-order valence-electron chi connectivity index (χ4n) is 3.13. The predicted octanol–water partition coefficient (Wildman–Crippen LogP) is 0.455. The van der Waals surface area contributed by atoms with E-state index in [0.29, 0.717) is 32.1 Å². The van der Waals surface area contributed by atoms with Gasteiger partial charge in [0.25, 0.3) is 10.2 Å². The Morgan fingerprint density at radius 3 is 2.48 bits per heavy atom. The molecule has 7 nitrogen and oxygen atoms in total. The van der Waals surface area contributed by atoms with Gasteiger partial charge in [0.1, 0.15) is 6.04 Å². The Morgan fingerprint density at radius 1 is 1.19 bits per heavy atom. The van der Waals surface area contributed by atoms with E-state index in [1.54, 1.807) is 0 Å². The molecular formula is C13H24N2O5S. The van der Waals surface area contributed by atoms with Crippen molar-refractivity contribution >= 4 is 16.2 Å². The van der Waals surface area contributed by atoms with Crippen LogP contribution in [0.3, 0.4) is 0 Å². The van der Waals surface area contributed by atoms with Crippen molar-refractivity contribution < 1.29 is 23.4 Å². The van der Waals surface area contributed by atoms with Gasteiger partial charge in [-0.15, -0.1) is 0 Å². The molecule has 2 rings (SSSR count). The van der Waals surface area contributed by atoms with E-state index in [9.17, 15) is 18.3 Å². The minimum absolute atomic E-state index is 0.0435. The lowest BCUT2D eigenvalue weighted by molar-refractivity contribution is -0.142. The zero-order chi connectivity index (χ0) is 15.5. The third kappa shape index (κ3) is 4.15. The van der Waals surface area contributed by atoms with Gasteiger partial charge in [-0.1, -0.05) is 19.3 Å². The molecule has 21 heavy (non-hydrogen) atoms. The van der Waals surface area contributed by atoms with E-state index in [0.717, 1.165) is 23.6 Å². The van der Waals surface area contributed by atoms with E-state index < -0.39 is 27.8 Å². The molecule has 2 fully saturated rings. The molecule has 1 saturated carbocycles. The maximum atomic E-state index is 12.3. The molecule has 0 radical (unpaired) electrons. The van der Waals surface area contributed by atoms with Crippen molar-refractivity contribution in [1.29, 1.82) is 0 Å². The van der Waals surface area contributed by atoms with Crippen molar-refractivity contribution in [2.24, 2.45) is 0 Å². The molecule has 1 heterocycles. The van der Waals surface area contributed by atoms with Crippen LogP contribution in [0.1, 0.15) is 51.4 Å². The van der Waals surface area contributed by atoms with E-state index in [4.69, 9.17) is 5.11 Å². The van der Waals surface area contributed by atoms with Gasteiger partial charge >= 0.3 is 5.97 Å². The Labute approximate surface area is 125 Å². The number of carbonyl (C=O) groups is 1. The minimum Gasteiger partial charge on any atom is -0.480 e. The van der Waals surface area contributed by atoms with Crippen molar-refractivity contribution in [3.05, 3.63) is 0 Å². The lowest BCUT2D eigenvalue weighted by atomic mass is 9.85. The second kappa shape index (κ2) is 6.60. The maximum Gasteiger partial charge on any atom is 0.322 e. The van der Waals surface area contributed by atoms with Crippen LogP contribution in [-0.2, 0) is 15.0 Å². The summed E-state index contributed by atoms with van der Waals surface area (Å²) in [6, 6.07) is -1.00. The van der Waals surface area contributed by atoms with Crippen LogP contribution in [0.15, 0.2) is 0 Å². The SMILES string of the molecule is O=C(O)C1CCCCN1S(=O)(=O)NCC1(O)CCCCC1. The third-order valence-corrected chi connectivity index (χ3v) is 5.98. The van der Waals surface area contributed by atoms with E-state index in [1.807, 2.05) is 0 Å². The summed E-state index contributed by atoms with van der Waals surface area (Å²) >= 11 is 0. The van der Waals surface area contributed by atoms with Crippen molar-refractivity contribution in [2.75, 3.05) is 13.1 Å². The molecule has 0 bridgehead atoms. The molecule has 1 aliphatic carbocycles. The number of aliphatic hydroxyl groups is 1. The van der Waals surface area contributed by atoms with Crippen molar-refractivity contribution in [1.82, 2.24) is 9.03 Å². The van der Waals surface area contributed by atoms with E-state index >= 15 is 0 Å². The molecule has 1 saturated heterocycles. The van der Waals surface area contributed by atoms with Crippen LogP contribution in [0.2, 0.25) is 0 Å². The highest BCUT2D eigenvalue weighted by atomic mass is 32.2. The molecular weight excluding hydrogens is 296 g/mol. The molecule has 1 atom stereocenters. The van der Waals surface area contributed by atoms with Gasteiger partial charge < -0.3 is 10.2 Å². The summed E-state index contributed by atoms with van der Waals surface area (Å²) in [4.78, 5) is 11.2. The summed E-state index contributed by atoms with van der Waals surface area (Å²) in [7, 11) is -3.87. The normalized spacial score (nSPS) is 27.4. The minimum atomic E-state index is -3.87. The number of carboxylic acid groups (broad SMARTS) is 1. The Hall–Kier alpha value is -0.700. The maximum absolute atomic E-state index is 12.3. The Bertz CT molecular complexity index is 473. The molecule has 0 aromatic heterocycles. The quantitative estimate of drug-likeness (QED) is 0.682. The molecule has 122 valence electrons. The number of piperidine rings is 1. The first kappa shape index (κ1) is 16.7. The number of hydrogen-bond acceptors (Lipinski definition) is 4. The number of nitrogens with zero attached hydrogens (tertiary/aromatic N) is 1. The number of rotatable bonds is 5. The summed E-state index contributed by atoms with van der Waals surface area (Å²) < 4.78 is 28.1. The summed E-state index contributed by atoms with van der Waals surface area (Å²) in [6.45, 7) is 0.170. The molecule has 1 aliphatic heterocycles. The van der Waals surface area contributed by atoms with E-state index in [2.05, 4.69) is 4.72 Å². The second-order valence-corrected chi connectivity index (χ2v) is 7.78. The summed E-state index contributed by atoms with van der Waals surface area (Å²) in [6.07, 6.45) is 5.71. The Balaban J connectivity index is 2.01. The zero-order valence-corrected chi connectivity index (χ0v) is 12.9. The van der Waals surface area contributed by atoms with E-state index in [1.165, 1.54) is 0 Å². The molecule has 0 amide bonds. The standard InChI is InChI=1S/C13H24N2O5S/c16-12(17)11-6-2-5-9-15(11)21(19,20)14-10-13(18)7-3-1-4-8-13/h11,14,18H,1-10H2,(H,16,17). The van der Waals surface area contributed by atoms with Crippen LogP contribution in [0.4, 0.5) is 0 Å².